The summed E-state index contributed by atoms with van der Waals surface area (Å²) in [5.41, 5.74) is 0. The second-order valence-corrected chi connectivity index (χ2v) is 4.38. The molecule has 92 valence electrons. The summed E-state index contributed by atoms with van der Waals surface area (Å²) in [4.78, 5) is 23.0. The maximum Gasteiger partial charge on any atom is 1.00 e. The van der Waals surface area contributed by atoms with Crippen LogP contribution in [-0.4, -0.2) is 49.2 Å². The number of hydrogen-bond acceptors (Lipinski definition) is 4. The Labute approximate surface area is 124 Å². The van der Waals surface area contributed by atoms with Crippen LogP contribution >= 0.6 is 0 Å². The van der Waals surface area contributed by atoms with E-state index in [4.69, 9.17) is 4.74 Å². The molecule has 0 radical (unpaired) electrons. The number of hydrogen-bond donors (Lipinski definition) is 0. The Morgan fingerprint density at radius 1 is 1.35 bits per heavy atom. The number of carboxylic acid groups (broad SMARTS) is 1. The van der Waals surface area contributed by atoms with Gasteiger partial charge < -0.3 is 14.6 Å². The van der Waals surface area contributed by atoms with Gasteiger partial charge in [0.2, 0.25) is 0 Å². The third-order valence-electron chi connectivity index (χ3n) is 3.26. The van der Waals surface area contributed by atoms with Crippen LogP contribution in [0.25, 0.3) is 0 Å². The van der Waals surface area contributed by atoms with Crippen molar-refractivity contribution in [2.75, 3.05) is 32.8 Å². The molecule has 0 N–H and O–H groups in total. The number of carboxylic acids is 1. The molecule has 17 heavy (non-hydrogen) atoms. The first-order valence-electron chi connectivity index (χ1n) is 5.70. The van der Waals surface area contributed by atoms with E-state index in [-0.39, 0.29) is 52.4 Å². The van der Waals surface area contributed by atoms with Gasteiger partial charge in [-0.25, -0.2) is 4.79 Å². The molecule has 5 nitrogen and oxygen atoms in total. The van der Waals surface area contributed by atoms with Gasteiger partial charge in [0.25, 0.3) is 0 Å². The summed E-state index contributed by atoms with van der Waals surface area (Å²) in [6, 6.07) is 0. The SMILES string of the molecule is CCC(C)C(=O)[N+]1(CC(=O)[O-])CCOCC1.[Na+]. The summed E-state index contributed by atoms with van der Waals surface area (Å²) in [6.45, 7) is 5.30. The van der Waals surface area contributed by atoms with Crippen LogP contribution in [0, 0.1) is 5.92 Å². The molecule has 1 heterocycles. The molecule has 1 aliphatic heterocycles. The number of aliphatic carboxylic acids is 1. The van der Waals surface area contributed by atoms with Crippen LogP contribution in [0.3, 0.4) is 0 Å². The van der Waals surface area contributed by atoms with E-state index in [1.807, 2.05) is 13.8 Å². The van der Waals surface area contributed by atoms with Gasteiger partial charge in [-0.05, 0) is 13.3 Å². The van der Waals surface area contributed by atoms with Gasteiger partial charge in [0.1, 0.15) is 19.6 Å². The van der Waals surface area contributed by atoms with E-state index < -0.39 is 5.97 Å². The molecule has 0 spiro atoms. The van der Waals surface area contributed by atoms with Crippen LogP contribution in [0.2, 0.25) is 0 Å². The predicted octanol–water partition coefficient (Wildman–Crippen LogP) is -3.84. The quantitative estimate of drug-likeness (QED) is 0.380. The molecule has 0 bridgehead atoms. The standard InChI is InChI=1S/C11H19NO4.Na/c1-3-9(2)11(15)12(8-10(13)14)4-6-16-7-5-12;/h9H,3-8H2,1-2H3;/q;+1. The van der Waals surface area contributed by atoms with E-state index in [1.54, 1.807) is 0 Å². The Hall–Kier alpha value is 0.0600. The van der Waals surface area contributed by atoms with E-state index in [0.717, 1.165) is 6.42 Å². The van der Waals surface area contributed by atoms with Gasteiger partial charge in [-0.1, -0.05) is 6.92 Å². The maximum atomic E-state index is 12.2. The van der Waals surface area contributed by atoms with Crippen LogP contribution in [0.15, 0.2) is 0 Å². The molecule has 1 amide bonds. The third kappa shape index (κ3) is 4.34. The zero-order valence-corrected chi connectivity index (χ0v) is 12.9. The number of amides is 1. The van der Waals surface area contributed by atoms with Crippen LogP contribution < -0.4 is 34.7 Å². The second-order valence-electron chi connectivity index (χ2n) is 4.38. The maximum absolute atomic E-state index is 12.2. The number of carbonyl (C=O) groups is 2. The molecule has 1 saturated heterocycles. The molecule has 0 aromatic heterocycles. The van der Waals surface area contributed by atoms with Crippen molar-refractivity contribution in [3.63, 3.8) is 0 Å². The summed E-state index contributed by atoms with van der Waals surface area (Å²) >= 11 is 0. The average molecular weight is 252 g/mol. The molecular weight excluding hydrogens is 233 g/mol. The Morgan fingerprint density at radius 3 is 2.29 bits per heavy atom. The van der Waals surface area contributed by atoms with E-state index >= 15 is 0 Å². The van der Waals surface area contributed by atoms with Crippen LogP contribution in [-0.2, 0) is 14.3 Å². The van der Waals surface area contributed by atoms with Crippen molar-refractivity contribution in [1.82, 2.24) is 0 Å². The smallest absolute Gasteiger partial charge is 0.544 e. The molecule has 1 fully saturated rings. The number of morpholine rings is 1. The van der Waals surface area contributed by atoms with Crippen molar-refractivity contribution >= 4 is 11.9 Å². The van der Waals surface area contributed by atoms with Gasteiger partial charge >= 0.3 is 35.5 Å². The first-order valence-corrected chi connectivity index (χ1v) is 5.70. The summed E-state index contributed by atoms with van der Waals surface area (Å²) in [6.07, 6.45) is 0.729. The monoisotopic (exact) mass is 252 g/mol. The van der Waals surface area contributed by atoms with Crippen molar-refractivity contribution in [2.24, 2.45) is 5.92 Å². The Balaban J connectivity index is 0.00000256. The zero-order chi connectivity index (χ0) is 12.2. The van der Waals surface area contributed by atoms with Gasteiger partial charge in [-0.2, -0.15) is 0 Å². The molecular formula is C11H19NNaO4+. The minimum absolute atomic E-state index is 0. The van der Waals surface area contributed by atoms with Crippen LogP contribution in [0.1, 0.15) is 20.3 Å². The molecule has 1 rings (SSSR count). The summed E-state index contributed by atoms with van der Waals surface area (Å²) < 4.78 is 5.17. The van der Waals surface area contributed by atoms with Crippen molar-refractivity contribution in [3.05, 3.63) is 0 Å². The summed E-state index contributed by atoms with van der Waals surface area (Å²) in [7, 11) is 0. The number of nitrogens with zero attached hydrogens (tertiary/aromatic N) is 1. The van der Waals surface area contributed by atoms with Gasteiger partial charge in [-0.3, -0.25) is 4.48 Å². The van der Waals surface area contributed by atoms with Gasteiger partial charge in [0.05, 0.1) is 25.1 Å². The van der Waals surface area contributed by atoms with Crippen molar-refractivity contribution in [2.45, 2.75) is 20.3 Å². The van der Waals surface area contributed by atoms with Crippen molar-refractivity contribution in [1.29, 1.82) is 0 Å². The Morgan fingerprint density at radius 2 is 1.88 bits per heavy atom. The molecule has 6 heteroatoms. The van der Waals surface area contributed by atoms with Gasteiger partial charge in [0, 0.05) is 0 Å². The molecule has 0 aliphatic carbocycles. The zero-order valence-electron chi connectivity index (χ0n) is 10.9. The molecule has 1 aliphatic rings. The number of quaternary nitrogens is 1. The van der Waals surface area contributed by atoms with Crippen molar-refractivity contribution in [3.8, 4) is 0 Å². The molecule has 0 aromatic rings. The predicted molar refractivity (Wildman–Crippen MR) is 55.1 cm³/mol. The average Bonchev–Trinajstić information content (AvgIpc) is 2.27. The molecule has 0 saturated carbocycles. The second kappa shape index (κ2) is 7.48. The topological polar surface area (TPSA) is 66.4 Å². The minimum atomic E-state index is -1.17. The fraction of sp³-hybridized carbons (Fsp3) is 0.818. The first-order chi connectivity index (χ1) is 7.52. The summed E-state index contributed by atoms with van der Waals surface area (Å²) in [5, 5.41) is 10.8. The van der Waals surface area contributed by atoms with E-state index in [9.17, 15) is 14.7 Å². The third-order valence-corrected chi connectivity index (χ3v) is 3.26. The first kappa shape index (κ1) is 17.1. The van der Waals surface area contributed by atoms with Crippen LogP contribution in [0.4, 0.5) is 0 Å². The largest absolute Gasteiger partial charge is 1.00 e. The minimum Gasteiger partial charge on any atom is -0.544 e. The fourth-order valence-electron chi connectivity index (χ4n) is 2.04. The normalized spacial score (nSPS) is 20.1. The van der Waals surface area contributed by atoms with Gasteiger partial charge in [-0.15, -0.1) is 0 Å². The van der Waals surface area contributed by atoms with E-state index in [1.165, 1.54) is 0 Å². The molecule has 1 unspecified atom stereocenters. The van der Waals surface area contributed by atoms with Crippen molar-refractivity contribution < 1.29 is 53.5 Å². The van der Waals surface area contributed by atoms with E-state index in [0.29, 0.717) is 26.3 Å². The molecule has 0 aromatic carbocycles. The molecule has 1 atom stereocenters. The number of rotatable bonds is 4. The van der Waals surface area contributed by atoms with E-state index in [2.05, 4.69) is 0 Å². The van der Waals surface area contributed by atoms with Gasteiger partial charge in [0.15, 0.2) is 0 Å². The number of ether oxygens (including phenoxy) is 1. The Bertz CT molecular complexity index is 277. The summed E-state index contributed by atoms with van der Waals surface area (Å²) in [5.74, 6) is -1.29. The number of carbonyl (C=O) groups excluding carboxylic acids is 2. The van der Waals surface area contributed by atoms with Crippen LogP contribution in [0.5, 0.6) is 0 Å². The fourth-order valence-corrected chi connectivity index (χ4v) is 2.04. The Kier molecular flexibility index (Phi) is 7.51.